The van der Waals surface area contributed by atoms with E-state index in [0.29, 0.717) is 0 Å². The van der Waals surface area contributed by atoms with Crippen LogP contribution in [0.5, 0.6) is 0 Å². The Kier molecular flexibility index (Phi) is 1.23. The third-order valence-corrected chi connectivity index (χ3v) is 1.74. The Balaban J connectivity index is 2.07. The fourth-order valence-corrected chi connectivity index (χ4v) is 1.04. The van der Waals surface area contributed by atoms with Crippen molar-refractivity contribution >= 4 is 0 Å². The van der Waals surface area contributed by atoms with E-state index >= 15 is 0 Å². The van der Waals surface area contributed by atoms with E-state index < -0.39 is 30.9 Å². The van der Waals surface area contributed by atoms with Crippen LogP contribution in [0.25, 0.3) is 0 Å². The predicted molar refractivity (Wildman–Crippen MR) is 27.8 cm³/mol. The lowest BCUT2D eigenvalue weighted by molar-refractivity contribution is -0.219. The van der Waals surface area contributed by atoms with Crippen LogP contribution in [0.4, 0.5) is 0 Å². The third-order valence-electron chi connectivity index (χ3n) is 1.74. The number of fused-ring (bicyclic) bond motifs is 1. The minimum atomic E-state index is -1.32. The monoisotopic (exact) mass is 148 g/mol. The van der Waals surface area contributed by atoms with Crippen molar-refractivity contribution in [2.75, 3.05) is 0 Å². The smallest absolute Gasteiger partial charge is 0.190 e. The van der Waals surface area contributed by atoms with Crippen LogP contribution in [0.3, 0.4) is 0 Å². The van der Waals surface area contributed by atoms with Crippen LogP contribution in [0.1, 0.15) is 0 Å². The zero-order valence-electron chi connectivity index (χ0n) is 5.04. The second kappa shape index (κ2) is 1.90. The summed E-state index contributed by atoms with van der Waals surface area (Å²) in [6.45, 7) is 0. The summed E-state index contributed by atoms with van der Waals surface area (Å²) in [5.41, 5.74) is 0. The first-order chi connectivity index (χ1) is 4.70. The Morgan fingerprint density at radius 2 is 1.60 bits per heavy atom. The maximum Gasteiger partial charge on any atom is 0.190 e. The average Bonchev–Trinajstić information content (AvgIpc) is 2.62. The molecule has 5 heteroatoms. The lowest BCUT2D eigenvalue weighted by Gasteiger charge is -2.24. The van der Waals surface area contributed by atoms with E-state index in [-0.39, 0.29) is 0 Å². The molecule has 0 saturated carbocycles. The molecule has 0 bridgehead atoms. The standard InChI is InChI=1S/C5H8O5/c6-1-2(7)4(8)10-5-3(1)9-5/h1-8H/t1?,2-,3+,4+,5?/m0/s1. The molecule has 0 aliphatic carbocycles. The van der Waals surface area contributed by atoms with Crippen LogP contribution in [0.15, 0.2) is 0 Å². The van der Waals surface area contributed by atoms with Gasteiger partial charge in [0.2, 0.25) is 0 Å². The molecule has 2 aliphatic heterocycles. The Labute approximate surface area is 56.8 Å². The van der Waals surface area contributed by atoms with Gasteiger partial charge >= 0.3 is 0 Å². The van der Waals surface area contributed by atoms with E-state index in [0.717, 1.165) is 0 Å². The molecule has 0 aromatic carbocycles. The average molecular weight is 148 g/mol. The highest BCUT2D eigenvalue weighted by Gasteiger charge is 2.55. The van der Waals surface area contributed by atoms with Gasteiger partial charge in [-0.2, -0.15) is 0 Å². The Hall–Kier alpha value is -0.200. The molecule has 0 spiro atoms. The molecule has 2 rings (SSSR count). The summed E-state index contributed by atoms with van der Waals surface area (Å²) in [4.78, 5) is 0. The van der Waals surface area contributed by atoms with Gasteiger partial charge in [0.15, 0.2) is 12.6 Å². The highest BCUT2D eigenvalue weighted by Crippen LogP contribution is 2.34. The highest BCUT2D eigenvalue weighted by atomic mass is 16.8. The van der Waals surface area contributed by atoms with E-state index in [1.54, 1.807) is 0 Å². The normalized spacial score (nSPS) is 59.7. The zero-order chi connectivity index (χ0) is 7.30. The second-order valence-electron chi connectivity index (χ2n) is 2.48. The van der Waals surface area contributed by atoms with Crippen molar-refractivity contribution in [3.05, 3.63) is 0 Å². The molecule has 5 atom stereocenters. The third kappa shape index (κ3) is 0.759. The minimum Gasteiger partial charge on any atom is -0.387 e. The summed E-state index contributed by atoms with van der Waals surface area (Å²) in [6.07, 6.45) is -4.55. The van der Waals surface area contributed by atoms with Crippen LogP contribution in [0, 0.1) is 0 Å². The maximum absolute atomic E-state index is 9.04. The van der Waals surface area contributed by atoms with E-state index in [9.17, 15) is 0 Å². The molecule has 10 heavy (non-hydrogen) atoms. The number of rotatable bonds is 0. The fraction of sp³-hybridized carbons (Fsp3) is 1.00. The van der Waals surface area contributed by atoms with Crippen LogP contribution in [-0.4, -0.2) is 46.2 Å². The number of hydrogen-bond acceptors (Lipinski definition) is 5. The summed E-state index contributed by atoms with van der Waals surface area (Å²) in [7, 11) is 0. The van der Waals surface area contributed by atoms with Crippen molar-refractivity contribution < 1.29 is 24.8 Å². The summed E-state index contributed by atoms with van der Waals surface area (Å²) >= 11 is 0. The molecule has 3 N–H and O–H groups in total. The van der Waals surface area contributed by atoms with Crippen molar-refractivity contribution in [3.8, 4) is 0 Å². The van der Waals surface area contributed by atoms with Crippen molar-refractivity contribution in [2.45, 2.75) is 30.9 Å². The molecule has 2 heterocycles. The zero-order valence-corrected chi connectivity index (χ0v) is 5.04. The molecule has 2 fully saturated rings. The Morgan fingerprint density at radius 1 is 0.900 bits per heavy atom. The molecular weight excluding hydrogens is 140 g/mol. The molecule has 58 valence electrons. The van der Waals surface area contributed by atoms with Gasteiger partial charge in [-0.25, -0.2) is 0 Å². The molecule has 2 unspecified atom stereocenters. The number of aliphatic hydroxyl groups excluding tert-OH is 3. The molecule has 0 aromatic heterocycles. The molecule has 0 amide bonds. The largest absolute Gasteiger partial charge is 0.387 e. The Bertz CT molecular complexity index is 147. The van der Waals surface area contributed by atoms with Gasteiger partial charge in [0, 0.05) is 0 Å². The van der Waals surface area contributed by atoms with Crippen molar-refractivity contribution in [1.82, 2.24) is 0 Å². The number of aliphatic hydroxyl groups is 3. The minimum absolute atomic E-state index is 0.446. The summed E-state index contributed by atoms with van der Waals surface area (Å²) < 4.78 is 9.40. The Morgan fingerprint density at radius 3 is 2.30 bits per heavy atom. The SMILES string of the molecule is OC1[C@H]2OC2O[C@@H](O)[C@H]1O. The van der Waals surface area contributed by atoms with Gasteiger partial charge in [-0.15, -0.1) is 0 Å². The predicted octanol–water partition coefficient (Wildman–Crippen LogP) is -2.22. The van der Waals surface area contributed by atoms with E-state index in [1.807, 2.05) is 0 Å². The number of ether oxygens (including phenoxy) is 2. The summed E-state index contributed by atoms with van der Waals surface area (Å²) in [6, 6.07) is 0. The lowest BCUT2D eigenvalue weighted by Crippen LogP contribution is -2.47. The van der Waals surface area contributed by atoms with E-state index in [4.69, 9.17) is 20.1 Å². The number of epoxide rings is 1. The molecule has 2 aliphatic rings. The van der Waals surface area contributed by atoms with Gasteiger partial charge in [-0.05, 0) is 0 Å². The van der Waals surface area contributed by atoms with Crippen molar-refractivity contribution in [1.29, 1.82) is 0 Å². The van der Waals surface area contributed by atoms with Crippen LogP contribution >= 0.6 is 0 Å². The second-order valence-corrected chi connectivity index (χ2v) is 2.48. The highest BCUT2D eigenvalue weighted by molar-refractivity contribution is 4.94. The van der Waals surface area contributed by atoms with Crippen molar-refractivity contribution in [2.24, 2.45) is 0 Å². The van der Waals surface area contributed by atoms with Crippen LogP contribution < -0.4 is 0 Å². The van der Waals surface area contributed by atoms with Crippen LogP contribution in [0.2, 0.25) is 0 Å². The quantitative estimate of drug-likeness (QED) is 0.339. The van der Waals surface area contributed by atoms with E-state index in [2.05, 4.69) is 4.74 Å². The van der Waals surface area contributed by atoms with Gasteiger partial charge in [0.1, 0.15) is 18.3 Å². The lowest BCUT2D eigenvalue weighted by atomic mass is 10.1. The molecule has 0 aromatic rings. The summed E-state index contributed by atoms with van der Waals surface area (Å²) in [5.74, 6) is 0. The first kappa shape index (κ1) is 6.51. The van der Waals surface area contributed by atoms with Gasteiger partial charge in [0.25, 0.3) is 0 Å². The number of hydrogen-bond donors (Lipinski definition) is 3. The molecular formula is C5H8O5. The van der Waals surface area contributed by atoms with Crippen LogP contribution in [-0.2, 0) is 9.47 Å². The maximum atomic E-state index is 9.04. The van der Waals surface area contributed by atoms with Gasteiger partial charge in [-0.3, -0.25) is 0 Å². The van der Waals surface area contributed by atoms with Gasteiger partial charge in [0.05, 0.1) is 0 Å². The van der Waals surface area contributed by atoms with Crippen molar-refractivity contribution in [3.63, 3.8) is 0 Å². The first-order valence-electron chi connectivity index (χ1n) is 3.05. The van der Waals surface area contributed by atoms with Gasteiger partial charge < -0.3 is 24.8 Å². The van der Waals surface area contributed by atoms with Gasteiger partial charge in [-0.1, -0.05) is 0 Å². The topological polar surface area (TPSA) is 82.5 Å². The first-order valence-corrected chi connectivity index (χ1v) is 3.05. The molecule has 5 nitrogen and oxygen atoms in total. The summed E-state index contributed by atoms with van der Waals surface area (Å²) in [5, 5.41) is 26.8. The van der Waals surface area contributed by atoms with E-state index in [1.165, 1.54) is 0 Å². The fourth-order valence-electron chi connectivity index (χ4n) is 1.04. The molecule has 0 radical (unpaired) electrons. The molecule has 2 saturated heterocycles.